The lowest BCUT2D eigenvalue weighted by Crippen LogP contribution is -2.39. The predicted octanol–water partition coefficient (Wildman–Crippen LogP) is 4.80. The lowest BCUT2D eigenvalue weighted by molar-refractivity contribution is -0.137. The van der Waals surface area contributed by atoms with Crippen molar-refractivity contribution in [2.45, 2.75) is 38.7 Å². The predicted molar refractivity (Wildman–Crippen MR) is 125 cm³/mol. The molecule has 35 heavy (non-hydrogen) atoms. The fourth-order valence-corrected chi connectivity index (χ4v) is 4.64. The SMILES string of the molecule is C[C@@H](Nc1nc(Cl)nc2c1CN(C(=O)N1CCc3ccncc31)C2)c1cc(N)cc(C(F)(F)F)c1. The van der Waals surface area contributed by atoms with Gasteiger partial charge >= 0.3 is 12.2 Å². The summed E-state index contributed by atoms with van der Waals surface area (Å²) in [6, 6.07) is 4.56. The van der Waals surface area contributed by atoms with Gasteiger partial charge in [-0.2, -0.15) is 13.2 Å². The van der Waals surface area contributed by atoms with E-state index in [4.69, 9.17) is 17.3 Å². The fraction of sp³-hybridized carbons (Fsp3) is 0.304. The molecule has 5 rings (SSSR count). The molecule has 4 heterocycles. The smallest absolute Gasteiger partial charge is 0.399 e. The van der Waals surface area contributed by atoms with Crippen molar-refractivity contribution >= 4 is 34.8 Å². The molecular weight excluding hydrogens is 483 g/mol. The van der Waals surface area contributed by atoms with Gasteiger partial charge in [-0.1, -0.05) is 0 Å². The van der Waals surface area contributed by atoms with Crippen molar-refractivity contribution in [3.05, 3.63) is 69.9 Å². The maximum Gasteiger partial charge on any atom is 0.416 e. The van der Waals surface area contributed by atoms with Crippen molar-refractivity contribution in [2.24, 2.45) is 0 Å². The Balaban J connectivity index is 1.38. The summed E-state index contributed by atoms with van der Waals surface area (Å²) in [5.74, 6) is 0.363. The summed E-state index contributed by atoms with van der Waals surface area (Å²) in [5, 5.41) is 3.11. The molecule has 0 spiro atoms. The number of carbonyl (C=O) groups is 1. The number of halogens is 4. The lowest BCUT2D eigenvalue weighted by atomic mass is 10.0. The summed E-state index contributed by atoms with van der Waals surface area (Å²) in [6.07, 6.45) is -0.392. The molecule has 2 aliphatic heterocycles. The number of nitrogen functional groups attached to an aromatic ring is 1. The van der Waals surface area contributed by atoms with Gasteiger partial charge in [0.2, 0.25) is 5.28 Å². The molecule has 0 fully saturated rings. The molecular formula is C23H21ClF3N7O. The normalized spacial score (nSPS) is 15.7. The highest BCUT2D eigenvalue weighted by Crippen LogP contribution is 2.36. The molecule has 0 aliphatic carbocycles. The topological polar surface area (TPSA) is 100 Å². The third kappa shape index (κ3) is 4.43. The Morgan fingerprint density at radius 2 is 2.03 bits per heavy atom. The van der Waals surface area contributed by atoms with Crippen LogP contribution in [0.25, 0.3) is 0 Å². The number of rotatable bonds is 3. The number of hydrogen-bond donors (Lipinski definition) is 2. The first-order valence-corrected chi connectivity index (χ1v) is 11.3. The Morgan fingerprint density at radius 1 is 1.23 bits per heavy atom. The third-order valence-corrected chi connectivity index (χ3v) is 6.37. The first kappa shape index (κ1) is 23.2. The molecule has 2 aliphatic rings. The number of nitrogens with zero attached hydrogens (tertiary/aromatic N) is 5. The second kappa shape index (κ2) is 8.56. The number of amides is 2. The average molecular weight is 504 g/mol. The van der Waals surface area contributed by atoms with Gasteiger partial charge in [0, 0.05) is 24.0 Å². The molecule has 3 N–H and O–H groups in total. The van der Waals surface area contributed by atoms with Gasteiger partial charge in [-0.25, -0.2) is 14.8 Å². The van der Waals surface area contributed by atoms with Crippen molar-refractivity contribution in [3.8, 4) is 0 Å². The number of pyridine rings is 1. The number of benzene rings is 1. The van der Waals surface area contributed by atoms with Gasteiger partial charge in [0.25, 0.3) is 0 Å². The van der Waals surface area contributed by atoms with Crippen molar-refractivity contribution < 1.29 is 18.0 Å². The van der Waals surface area contributed by atoms with E-state index < -0.39 is 17.8 Å². The molecule has 8 nitrogen and oxygen atoms in total. The van der Waals surface area contributed by atoms with E-state index in [1.807, 2.05) is 6.07 Å². The molecule has 1 aromatic carbocycles. The number of carbonyl (C=O) groups excluding carboxylic acids is 1. The zero-order valence-electron chi connectivity index (χ0n) is 18.6. The number of aromatic nitrogens is 3. The van der Waals surface area contributed by atoms with E-state index in [0.29, 0.717) is 29.2 Å². The van der Waals surface area contributed by atoms with Crippen LogP contribution in [0.2, 0.25) is 5.28 Å². The summed E-state index contributed by atoms with van der Waals surface area (Å²) in [7, 11) is 0. The van der Waals surface area contributed by atoms with Crippen LogP contribution in [0.4, 0.5) is 35.2 Å². The van der Waals surface area contributed by atoms with Crippen LogP contribution < -0.4 is 16.0 Å². The molecule has 182 valence electrons. The maximum absolute atomic E-state index is 13.3. The van der Waals surface area contributed by atoms with Crippen molar-refractivity contribution in [1.82, 2.24) is 19.9 Å². The number of nitrogens with two attached hydrogens (primary N) is 1. The van der Waals surface area contributed by atoms with Crippen LogP contribution in [0.3, 0.4) is 0 Å². The second-order valence-electron chi connectivity index (χ2n) is 8.56. The number of hydrogen-bond acceptors (Lipinski definition) is 6. The third-order valence-electron chi connectivity index (χ3n) is 6.20. The Morgan fingerprint density at radius 3 is 2.80 bits per heavy atom. The molecule has 3 aromatic rings. The average Bonchev–Trinajstić information content (AvgIpc) is 3.42. The van der Waals surface area contributed by atoms with Gasteiger partial charge in [0.1, 0.15) is 5.82 Å². The van der Waals surface area contributed by atoms with E-state index in [2.05, 4.69) is 20.3 Å². The quantitative estimate of drug-likeness (QED) is 0.393. The lowest BCUT2D eigenvalue weighted by Gasteiger charge is -2.24. The van der Waals surface area contributed by atoms with E-state index in [0.717, 1.165) is 29.8 Å². The highest BCUT2D eigenvalue weighted by Gasteiger charge is 2.35. The highest BCUT2D eigenvalue weighted by atomic mass is 35.5. The fourth-order valence-electron chi connectivity index (χ4n) is 4.45. The summed E-state index contributed by atoms with van der Waals surface area (Å²) in [4.78, 5) is 29.3. The largest absolute Gasteiger partial charge is 0.416 e. The molecule has 0 radical (unpaired) electrons. The Labute approximate surface area is 203 Å². The number of anilines is 3. The van der Waals surface area contributed by atoms with Gasteiger partial charge < -0.3 is 16.0 Å². The van der Waals surface area contributed by atoms with Crippen LogP contribution >= 0.6 is 11.6 Å². The number of alkyl halides is 3. The molecule has 1 atom stereocenters. The minimum absolute atomic E-state index is 0.00609. The van der Waals surface area contributed by atoms with Crippen LogP contribution in [-0.4, -0.2) is 32.4 Å². The van der Waals surface area contributed by atoms with E-state index in [1.54, 1.807) is 29.1 Å². The molecule has 0 bridgehead atoms. The van der Waals surface area contributed by atoms with Crippen molar-refractivity contribution in [2.75, 3.05) is 22.5 Å². The van der Waals surface area contributed by atoms with Crippen LogP contribution in [0.15, 0.2) is 36.7 Å². The zero-order valence-corrected chi connectivity index (χ0v) is 19.4. The van der Waals surface area contributed by atoms with E-state index >= 15 is 0 Å². The molecule has 0 saturated heterocycles. The second-order valence-corrected chi connectivity index (χ2v) is 8.90. The molecule has 12 heteroatoms. The van der Waals surface area contributed by atoms with Gasteiger partial charge in [0.05, 0.1) is 42.3 Å². The zero-order chi connectivity index (χ0) is 24.9. The summed E-state index contributed by atoms with van der Waals surface area (Å²) < 4.78 is 39.8. The Kier molecular flexibility index (Phi) is 5.66. The number of fused-ring (bicyclic) bond motifs is 2. The summed E-state index contributed by atoms with van der Waals surface area (Å²) in [5.41, 5.74) is 8.33. The van der Waals surface area contributed by atoms with Gasteiger partial charge in [0.15, 0.2) is 0 Å². The molecule has 0 unspecified atom stereocenters. The standard InChI is InChI=1S/C23H21ClF3N7O/c1-12(14-6-15(23(25,26)27)8-16(28)7-14)30-20-17-10-33(11-18(17)31-21(24)32-20)22(35)34-5-3-13-2-4-29-9-19(13)34/h2,4,6-9,12H,3,5,10-11,28H2,1H3,(H,30,31,32)/t12-/m1/s1. The van der Waals surface area contributed by atoms with Crippen LogP contribution in [-0.2, 0) is 25.7 Å². The van der Waals surface area contributed by atoms with Crippen LogP contribution in [0.1, 0.15) is 40.9 Å². The molecule has 2 aromatic heterocycles. The maximum atomic E-state index is 13.3. The highest BCUT2D eigenvalue weighted by molar-refractivity contribution is 6.28. The minimum atomic E-state index is -4.52. The minimum Gasteiger partial charge on any atom is -0.399 e. The van der Waals surface area contributed by atoms with Crippen molar-refractivity contribution in [3.63, 3.8) is 0 Å². The monoisotopic (exact) mass is 503 g/mol. The Hall–Kier alpha value is -3.60. The number of nitrogens with one attached hydrogen (secondary N) is 1. The van der Waals surface area contributed by atoms with Crippen molar-refractivity contribution in [1.29, 1.82) is 0 Å². The summed E-state index contributed by atoms with van der Waals surface area (Å²) in [6.45, 7) is 2.72. The van der Waals surface area contributed by atoms with Gasteiger partial charge in [-0.15, -0.1) is 0 Å². The first-order valence-electron chi connectivity index (χ1n) is 10.9. The Bertz CT molecular complexity index is 1320. The van der Waals surface area contributed by atoms with Crippen LogP contribution in [0, 0.1) is 0 Å². The van der Waals surface area contributed by atoms with E-state index in [1.165, 1.54) is 6.07 Å². The summed E-state index contributed by atoms with van der Waals surface area (Å²) >= 11 is 6.14. The number of urea groups is 1. The first-order chi connectivity index (χ1) is 16.6. The van der Waals surface area contributed by atoms with E-state index in [-0.39, 0.29) is 30.1 Å². The molecule has 2 amide bonds. The van der Waals surface area contributed by atoms with Gasteiger partial charge in [-0.3, -0.25) is 9.88 Å². The van der Waals surface area contributed by atoms with Gasteiger partial charge in [-0.05, 0) is 60.3 Å². The molecule has 0 saturated carbocycles. The van der Waals surface area contributed by atoms with E-state index in [9.17, 15) is 18.0 Å². The van der Waals surface area contributed by atoms with Crippen LogP contribution in [0.5, 0.6) is 0 Å².